The van der Waals surface area contributed by atoms with Crippen molar-refractivity contribution in [3.63, 3.8) is 0 Å². The Morgan fingerprint density at radius 1 is 1.41 bits per heavy atom. The molecule has 22 heavy (non-hydrogen) atoms. The molecular formula is C14H18F2N4OS. The van der Waals surface area contributed by atoms with E-state index in [1.54, 1.807) is 5.01 Å². The Hall–Kier alpha value is -1.83. The summed E-state index contributed by atoms with van der Waals surface area (Å²) in [6.45, 7) is 5.00. The van der Waals surface area contributed by atoms with Crippen LogP contribution in [0.3, 0.4) is 0 Å². The van der Waals surface area contributed by atoms with Crippen molar-refractivity contribution in [1.82, 2.24) is 9.73 Å². The van der Waals surface area contributed by atoms with Crippen molar-refractivity contribution in [2.75, 3.05) is 13.1 Å². The minimum absolute atomic E-state index is 0.0107. The van der Waals surface area contributed by atoms with Crippen molar-refractivity contribution in [2.24, 2.45) is 16.0 Å². The zero-order valence-corrected chi connectivity index (χ0v) is 13.2. The van der Waals surface area contributed by atoms with Gasteiger partial charge in [-0.1, -0.05) is 6.92 Å². The fourth-order valence-corrected chi connectivity index (χ4v) is 2.85. The maximum atomic E-state index is 13.2. The van der Waals surface area contributed by atoms with Crippen LogP contribution in [0.15, 0.2) is 33.2 Å². The number of rotatable bonds is 4. The van der Waals surface area contributed by atoms with Gasteiger partial charge < -0.3 is 0 Å². The van der Waals surface area contributed by atoms with Crippen molar-refractivity contribution in [1.29, 1.82) is 0 Å². The molecular weight excluding hydrogens is 310 g/mol. The third kappa shape index (κ3) is 4.09. The first-order valence-electron chi connectivity index (χ1n) is 7.04. The van der Waals surface area contributed by atoms with Gasteiger partial charge in [-0.25, -0.2) is 18.0 Å². The van der Waals surface area contributed by atoms with Gasteiger partial charge in [0.25, 0.3) is 0 Å². The average Bonchev–Trinajstić information content (AvgIpc) is 2.94. The summed E-state index contributed by atoms with van der Waals surface area (Å²) in [6, 6.07) is 2.79. The lowest BCUT2D eigenvalue weighted by Gasteiger charge is -2.18. The molecule has 1 aromatic carbocycles. The molecule has 1 aromatic rings. The van der Waals surface area contributed by atoms with E-state index in [1.165, 1.54) is 0 Å². The van der Waals surface area contributed by atoms with Crippen molar-refractivity contribution < 1.29 is 13.0 Å². The predicted molar refractivity (Wildman–Crippen MR) is 82.9 cm³/mol. The van der Waals surface area contributed by atoms with Gasteiger partial charge in [0.2, 0.25) is 5.96 Å². The van der Waals surface area contributed by atoms with Gasteiger partial charge in [-0.15, -0.1) is 0 Å². The second-order valence-electron chi connectivity index (χ2n) is 4.79. The predicted octanol–water partition coefficient (Wildman–Crippen LogP) is 2.28. The highest BCUT2D eigenvalue weighted by molar-refractivity contribution is 7.83. The number of aliphatic imine (C=N–C) groups is 1. The van der Waals surface area contributed by atoms with Crippen LogP contribution in [0.5, 0.6) is 0 Å². The number of guanidine groups is 1. The van der Waals surface area contributed by atoms with Gasteiger partial charge in [0, 0.05) is 24.7 Å². The molecule has 1 heterocycles. The van der Waals surface area contributed by atoms with E-state index in [1.807, 2.05) is 13.1 Å². The largest absolute Gasteiger partial charge is 0.270 e. The van der Waals surface area contributed by atoms with E-state index < -0.39 is 22.6 Å². The molecule has 0 spiro atoms. The summed E-state index contributed by atoms with van der Waals surface area (Å²) in [5.74, 6) is -0.907. The van der Waals surface area contributed by atoms with Crippen LogP contribution in [0.25, 0.3) is 0 Å². The Bertz CT molecular complexity index is 601. The van der Waals surface area contributed by atoms with Crippen LogP contribution in [-0.4, -0.2) is 34.5 Å². The zero-order chi connectivity index (χ0) is 16.1. The van der Waals surface area contributed by atoms with Crippen molar-refractivity contribution in [2.45, 2.75) is 25.2 Å². The van der Waals surface area contributed by atoms with Gasteiger partial charge in [-0.05, 0) is 25.5 Å². The molecule has 0 saturated heterocycles. The Labute approximate surface area is 130 Å². The van der Waals surface area contributed by atoms with Crippen LogP contribution >= 0.6 is 0 Å². The number of nitrogens with zero attached hydrogens (tertiary/aromatic N) is 3. The molecule has 1 N–H and O–H groups in total. The maximum absolute atomic E-state index is 13.2. The number of halogens is 2. The summed E-state index contributed by atoms with van der Waals surface area (Å²) in [7, 11) is -1.82. The molecule has 0 amide bonds. The van der Waals surface area contributed by atoms with Crippen molar-refractivity contribution in [3.8, 4) is 0 Å². The summed E-state index contributed by atoms with van der Waals surface area (Å²) in [5, 5.41) is 5.84. The van der Waals surface area contributed by atoms with E-state index in [4.69, 9.17) is 0 Å². The molecule has 0 aliphatic carbocycles. The lowest BCUT2D eigenvalue weighted by Crippen LogP contribution is -2.39. The summed E-state index contributed by atoms with van der Waals surface area (Å²) in [5.41, 5.74) is 0. The molecule has 8 heteroatoms. The molecule has 1 aliphatic rings. The molecule has 0 aromatic heterocycles. The molecule has 2 unspecified atom stereocenters. The van der Waals surface area contributed by atoms with E-state index in [0.717, 1.165) is 24.6 Å². The van der Waals surface area contributed by atoms with E-state index in [0.29, 0.717) is 25.0 Å². The molecule has 2 rings (SSSR count). The molecule has 2 atom stereocenters. The molecule has 0 radical (unpaired) electrons. The van der Waals surface area contributed by atoms with Gasteiger partial charge in [-0.2, -0.15) is 5.10 Å². The third-order valence-electron chi connectivity index (χ3n) is 3.14. The smallest absolute Gasteiger partial charge is 0.227 e. The second kappa shape index (κ2) is 7.44. The highest BCUT2D eigenvalue weighted by Gasteiger charge is 2.22. The lowest BCUT2D eigenvalue weighted by atomic mass is 10.1. The average molecular weight is 328 g/mol. The van der Waals surface area contributed by atoms with Gasteiger partial charge in [0.15, 0.2) is 11.0 Å². The summed E-state index contributed by atoms with van der Waals surface area (Å²) < 4.78 is 41.3. The quantitative estimate of drug-likeness (QED) is 0.681. The lowest BCUT2D eigenvalue weighted by molar-refractivity contribution is 0.431. The van der Waals surface area contributed by atoms with Crippen LogP contribution in [0, 0.1) is 17.6 Å². The highest BCUT2D eigenvalue weighted by Crippen LogP contribution is 2.14. The van der Waals surface area contributed by atoms with Crippen LogP contribution in [0.4, 0.5) is 8.78 Å². The first-order valence-corrected chi connectivity index (χ1v) is 8.19. The summed E-state index contributed by atoms with van der Waals surface area (Å²) in [4.78, 5) is 4.23. The molecule has 0 saturated carbocycles. The first-order chi connectivity index (χ1) is 10.5. The summed E-state index contributed by atoms with van der Waals surface area (Å²) >= 11 is 0. The van der Waals surface area contributed by atoms with Crippen LogP contribution in [0.2, 0.25) is 0 Å². The highest BCUT2D eigenvalue weighted by atomic mass is 32.2. The second-order valence-corrected chi connectivity index (χ2v) is 6.00. The van der Waals surface area contributed by atoms with E-state index in [-0.39, 0.29) is 4.90 Å². The fraction of sp³-hybridized carbons (Fsp3) is 0.429. The Kier molecular flexibility index (Phi) is 5.59. The van der Waals surface area contributed by atoms with E-state index in [9.17, 15) is 13.0 Å². The topological polar surface area (TPSA) is 57.1 Å². The number of hydrazone groups is 1. The standard InChI is InChI=1S/C14H18F2N4OS/c1-3-10-8-18-20(9-10)14(17-4-2)19-22(21)13-6-11(15)5-12(16)7-13/h5-8,10H,3-4,9H2,1-2H3,(H,17,19). The number of nitrogens with one attached hydrogen (secondary N) is 1. The van der Waals surface area contributed by atoms with E-state index >= 15 is 0 Å². The van der Waals surface area contributed by atoms with Crippen molar-refractivity contribution in [3.05, 3.63) is 29.8 Å². The van der Waals surface area contributed by atoms with Crippen LogP contribution in [-0.2, 0) is 11.0 Å². The number of benzene rings is 1. The van der Waals surface area contributed by atoms with Crippen LogP contribution < -0.4 is 4.72 Å². The Morgan fingerprint density at radius 2 is 2.09 bits per heavy atom. The monoisotopic (exact) mass is 328 g/mol. The third-order valence-corrected chi connectivity index (χ3v) is 4.17. The van der Waals surface area contributed by atoms with Gasteiger partial charge >= 0.3 is 0 Å². The fourth-order valence-electron chi connectivity index (χ4n) is 1.96. The molecule has 0 bridgehead atoms. The molecule has 120 valence electrons. The summed E-state index contributed by atoms with van der Waals surface area (Å²) in [6.07, 6.45) is 2.76. The minimum Gasteiger partial charge on any atom is -0.270 e. The number of hydrogen-bond acceptors (Lipinski definition) is 3. The van der Waals surface area contributed by atoms with E-state index in [2.05, 4.69) is 21.7 Å². The Morgan fingerprint density at radius 3 is 2.64 bits per heavy atom. The van der Waals surface area contributed by atoms with Crippen LogP contribution in [0.1, 0.15) is 20.3 Å². The SMILES string of the molecule is CCN=C(NS(=O)c1cc(F)cc(F)c1)N1CC(CC)C=N1. The number of hydrogen-bond donors (Lipinski definition) is 1. The molecule has 0 fully saturated rings. The molecule has 5 nitrogen and oxygen atoms in total. The van der Waals surface area contributed by atoms with Gasteiger partial charge in [-0.3, -0.25) is 9.71 Å². The van der Waals surface area contributed by atoms with Crippen molar-refractivity contribution >= 4 is 23.2 Å². The normalized spacial score (nSPS) is 19.5. The first kappa shape index (κ1) is 16.5. The Balaban J connectivity index is 2.13. The minimum atomic E-state index is -1.82. The zero-order valence-electron chi connectivity index (χ0n) is 12.4. The maximum Gasteiger partial charge on any atom is 0.227 e. The molecule has 1 aliphatic heterocycles. The van der Waals surface area contributed by atoms with Gasteiger partial charge in [0.1, 0.15) is 11.6 Å². The van der Waals surface area contributed by atoms with Gasteiger partial charge in [0.05, 0.1) is 11.4 Å².